The minimum atomic E-state index is -3.02. The summed E-state index contributed by atoms with van der Waals surface area (Å²) in [4.78, 5) is 8.89. The molecule has 1 aromatic heterocycles. The second kappa shape index (κ2) is 5.95. The van der Waals surface area contributed by atoms with Gasteiger partial charge in [0.2, 0.25) is 0 Å². The van der Waals surface area contributed by atoms with Gasteiger partial charge in [0.05, 0.1) is 5.75 Å². The van der Waals surface area contributed by atoms with Crippen LogP contribution >= 0.6 is 0 Å². The molecule has 1 aromatic rings. The maximum absolute atomic E-state index is 11.3. The lowest BCUT2D eigenvalue weighted by Gasteiger charge is -2.20. The molecule has 114 valence electrons. The first kappa shape index (κ1) is 16.7. The average molecular weight is 300 g/mol. The van der Waals surface area contributed by atoms with Crippen LogP contribution in [-0.2, 0) is 15.3 Å². The Hall–Kier alpha value is -1.37. The van der Waals surface area contributed by atoms with Gasteiger partial charge in [0.15, 0.2) is 0 Å². The Kier molecular flexibility index (Phi) is 4.96. The zero-order chi connectivity index (χ0) is 15.6. The molecule has 0 spiro atoms. The van der Waals surface area contributed by atoms with Gasteiger partial charge in [-0.25, -0.2) is 18.4 Å². The summed E-state index contributed by atoms with van der Waals surface area (Å²) in [6, 6.07) is 1.56. The molecule has 0 radical (unpaired) electrons. The highest BCUT2D eigenvalue weighted by molar-refractivity contribution is 7.90. The summed E-state index contributed by atoms with van der Waals surface area (Å²) in [6.45, 7) is 7.92. The first-order valence-electron chi connectivity index (χ1n) is 6.53. The van der Waals surface area contributed by atoms with Crippen molar-refractivity contribution in [2.45, 2.75) is 39.2 Å². The molecule has 0 fully saturated rings. The van der Waals surface area contributed by atoms with Gasteiger partial charge in [0.25, 0.3) is 0 Å². The highest BCUT2D eigenvalue weighted by Gasteiger charge is 2.20. The molecule has 7 heteroatoms. The average Bonchev–Trinajstić information content (AvgIpc) is 2.24. The first-order valence-corrected chi connectivity index (χ1v) is 8.59. The van der Waals surface area contributed by atoms with Crippen LogP contribution < -0.4 is 10.6 Å². The lowest BCUT2D eigenvalue weighted by molar-refractivity contribution is 0.546. The van der Waals surface area contributed by atoms with E-state index < -0.39 is 9.84 Å². The minimum absolute atomic E-state index is 0.0662. The van der Waals surface area contributed by atoms with Crippen molar-refractivity contribution in [3.05, 3.63) is 11.9 Å². The quantitative estimate of drug-likeness (QED) is 0.860. The molecule has 6 nitrogen and oxygen atoms in total. The standard InChI is InChI=1S/C13H24N4O2S/c1-9(8-20(6,18)19)15-11-7-10(14-5)16-12(17-11)13(2,3)4/h7,9H,8H2,1-6H3,(H2,14,15,16,17). The van der Waals surface area contributed by atoms with E-state index in [9.17, 15) is 8.42 Å². The smallest absolute Gasteiger partial charge is 0.149 e. The third kappa shape index (κ3) is 5.32. The number of rotatable bonds is 5. The number of hydrogen-bond acceptors (Lipinski definition) is 6. The van der Waals surface area contributed by atoms with Crippen molar-refractivity contribution in [1.82, 2.24) is 9.97 Å². The molecule has 0 aromatic carbocycles. The van der Waals surface area contributed by atoms with Gasteiger partial charge in [-0.05, 0) is 6.92 Å². The molecule has 0 saturated heterocycles. The molecule has 0 aliphatic rings. The fourth-order valence-corrected chi connectivity index (χ4v) is 2.72. The van der Waals surface area contributed by atoms with Crippen LogP contribution in [0.1, 0.15) is 33.5 Å². The van der Waals surface area contributed by atoms with Gasteiger partial charge in [-0.15, -0.1) is 0 Å². The second-order valence-corrected chi connectivity index (χ2v) is 8.28. The van der Waals surface area contributed by atoms with Crippen molar-refractivity contribution >= 4 is 21.5 Å². The fraction of sp³-hybridized carbons (Fsp3) is 0.692. The normalized spacial score (nSPS) is 13.9. The number of nitrogens with zero attached hydrogens (tertiary/aromatic N) is 2. The van der Waals surface area contributed by atoms with Crippen LogP contribution in [0.25, 0.3) is 0 Å². The molecular weight excluding hydrogens is 276 g/mol. The van der Waals surface area contributed by atoms with E-state index >= 15 is 0 Å². The Bertz CT molecular complexity index is 564. The molecule has 0 aliphatic carbocycles. The molecule has 0 amide bonds. The Morgan fingerprint density at radius 2 is 1.80 bits per heavy atom. The SMILES string of the molecule is CNc1cc(NC(C)CS(C)(=O)=O)nc(C(C)(C)C)n1. The Morgan fingerprint density at radius 1 is 1.25 bits per heavy atom. The molecular formula is C13H24N4O2S. The molecule has 2 N–H and O–H groups in total. The zero-order valence-electron chi connectivity index (χ0n) is 13.0. The molecule has 20 heavy (non-hydrogen) atoms. The van der Waals surface area contributed by atoms with E-state index in [1.54, 1.807) is 13.1 Å². The van der Waals surface area contributed by atoms with E-state index in [1.807, 2.05) is 27.7 Å². The summed E-state index contributed by atoms with van der Waals surface area (Å²) in [7, 11) is -1.23. The molecule has 0 saturated carbocycles. The van der Waals surface area contributed by atoms with Gasteiger partial charge in [0.1, 0.15) is 27.3 Å². The summed E-state index contributed by atoms with van der Waals surface area (Å²) in [6.07, 6.45) is 1.23. The highest BCUT2D eigenvalue weighted by atomic mass is 32.2. The number of anilines is 2. The van der Waals surface area contributed by atoms with Gasteiger partial charge in [-0.3, -0.25) is 0 Å². The van der Waals surface area contributed by atoms with E-state index in [0.717, 1.165) is 0 Å². The topological polar surface area (TPSA) is 84.0 Å². The van der Waals surface area contributed by atoms with E-state index in [4.69, 9.17) is 0 Å². The van der Waals surface area contributed by atoms with Gasteiger partial charge >= 0.3 is 0 Å². The highest BCUT2D eigenvalue weighted by Crippen LogP contribution is 2.22. The van der Waals surface area contributed by atoms with Gasteiger partial charge in [-0.1, -0.05) is 20.8 Å². The van der Waals surface area contributed by atoms with Crippen LogP contribution in [0.2, 0.25) is 0 Å². The number of aromatic nitrogens is 2. The number of nitrogens with one attached hydrogen (secondary N) is 2. The summed E-state index contributed by atoms with van der Waals surface area (Å²) in [5.74, 6) is 2.11. The van der Waals surface area contributed by atoms with Crippen LogP contribution in [0.5, 0.6) is 0 Å². The minimum Gasteiger partial charge on any atom is -0.373 e. The monoisotopic (exact) mass is 300 g/mol. The van der Waals surface area contributed by atoms with Gasteiger partial charge < -0.3 is 10.6 Å². The third-order valence-corrected chi connectivity index (χ3v) is 3.71. The molecule has 1 atom stereocenters. The fourth-order valence-electron chi connectivity index (χ4n) is 1.73. The van der Waals surface area contributed by atoms with E-state index in [-0.39, 0.29) is 17.2 Å². The van der Waals surface area contributed by atoms with Crippen molar-refractivity contribution < 1.29 is 8.42 Å². The van der Waals surface area contributed by atoms with Crippen LogP contribution in [0.15, 0.2) is 6.07 Å². The lowest BCUT2D eigenvalue weighted by Crippen LogP contribution is -2.26. The van der Waals surface area contributed by atoms with Crippen LogP contribution in [0.4, 0.5) is 11.6 Å². The third-order valence-electron chi connectivity index (χ3n) is 2.60. The lowest BCUT2D eigenvalue weighted by atomic mass is 9.96. The summed E-state index contributed by atoms with van der Waals surface area (Å²) >= 11 is 0. The first-order chi connectivity index (χ1) is 9.01. The molecule has 1 unspecified atom stereocenters. The van der Waals surface area contributed by atoms with Crippen molar-refractivity contribution in [2.24, 2.45) is 0 Å². The van der Waals surface area contributed by atoms with E-state index in [1.165, 1.54) is 6.26 Å². The Labute approximate surface area is 121 Å². The Balaban J connectivity index is 3.00. The second-order valence-electron chi connectivity index (χ2n) is 6.10. The molecule has 1 heterocycles. The molecule has 0 bridgehead atoms. The zero-order valence-corrected chi connectivity index (χ0v) is 13.8. The Morgan fingerprint density at radius 3 is 2.25 bits per heavy atom. The van der Waals surface area contributed by atoms with E-state index in [2.05, 4.69) is 20.6 Å². The number of sulfone groups is 1. The van der Waals surface area contributed by atoms with E-state index in [0.29, 0.717) is 17.5 Å². The van der Waals surface area contributed by atoms with Crippen molar-refractivity contribution in [1.29, 1.82) is 0 Å². The summed E-state index contributed by atoms with van der Waals surface area (Å²) in [5.41, 5.74) is -0.177. The predicted octanol–water partition coefficient (Wildman–Crippen LogP) is 1.66. The van der Waals surface area contributed by atoms with Crippen LogP contribution in [-0.4, -0.2) is 43.5 Å². The van der Waals surface area contributed by atoms with Gasteiger partial charge in [0, 0.05) is 30.8 Å². The summed E-state index contributed by atoms with van der Waals surface area (Å²) in [5, 5.41) is 6.11. The maximum atomic E-state index is 11.3. The maximum Gasteiger partial charge on any atom is 0.149 e. The van der Waals surface area contributed by atoms with Crippen molar-refractivity contribution in [2.75, 3.05) is 29.7 Å². The van der Waals surface area contributed by atoms with Crippen molar-refractivity contribution in [3.8, 4) is 0 Å². The number of hydrogen-bond donors (Lipinski definition) is 2. The predicted molar refractivity (Wildman–Crippen MR) is 83.1 cm³/mol. The molecule has 1 rings (SSSR count). The molecule has 0 aliphatic heterocycles. The summed E-state index contributed by atoms with van der Waals surface area (Å²) < 4.78 is 22.6. The van der Waals surface area contributed by atoms with Crippen LogP contribution in [0.3, 0.4) is 0 Å². The van der Waals surface area contributed by atoms with Crippen LogP contribution in [0, 0.1) is 0 Å². The largest absolute Gasteiger partial charge is 0.373 e. The van der Waals surface area contributed by atoms with Crippen molar-refractivity contribution in [3.63, 3.8) is 0 Å². The van der Waals surface area contributed by atoms with Gasteiger partial charge in [-0.2, -0.15) is 0 Å².